The second-order valence-electron chi connectivity index (χ2n) is 5.47. The number of carbonyl (C=O) groups is 1. The molecule has 0 aliphatic carbocycles. The highest BCUT2D eigenvalue weighted by atomic mass is 79.9. The van der Waals surface area contributed by atoms with Gasteiger partial charge in [0.1, 0.15) is 11.5 Å². The molecule has 0 saturated heterocycles. The van der Waals surface area contributed by atoms with Crippen LogP contribution in [0, 0.1) is 0 Å². The Morgan fingerprint density at radius 1 is 1.13 bits per heavy atom. The third kappa shape index (κ3) is 4.39. The predicted molar refractivity (Wildman–Crippen MR) is 94.9 cm³/mol. The molecule has 0 saturated carbocycles. The highest BCUT2D eigenvalue weighted by molar-refractivity contribution is 9.10. The van der Waals surface area contributed by atoms with E-state index in [4.69, 9.17) is 15.2 Å². The predicted octanol–water partition coefficient (Wildman–Crippen LogP) is 3.84. The number of nitrogen functional groups attached to an aromatic ring is 1. The number of hydrogen-bond donors (Lipinski definition) is 2. The largest absolute Gasteiger partial charge is 0.497 e. The van der Waals surface area contributed by atoms with E-state index in [9.17, 15) is 4.79 Å². The van der Waals surface area contributed by atoms with Gasteiger partial charge in [-0.25, -0.2) is 0 Å². The Kier molecular flexibility index (Phi) is 5.15. The standard InChI is InChI=1S/C17H19BrN2O3/c1-17(2,23-12-6-4-11(18)5-7-12)16(21)20-15-9-8-13(22-3)10-14(15)19/h4-10H,19H2,1-3H3,(H,20,21). The van der Waals surface area contributed by atoms with Gasteiger partial charge in [0.15, 0.2) is 5.60 Å². The molecule has 2 aromatic rings. The Morgan fingerprint density at radius 3 is 2.30 bits per heavy atom. The van der Waals surface area contributed by atoms with Crippen LogP contribution in [0.4, 0.5) is 11.4 Å². The summed E-state index contributed by atoms with van der Waals surface area (Å²) in [5, 5.41) is 2.78. The average Bonchev–Trinajstić information content (AvgIpc) is 2.51. The van der Waals surface area contributed by atoms with Gasteiger partial charge in [-0.3, -0.25) is 4.79 Å². The molecule has 0 aliphatic heterocycles. The number of nitrogens with one attached hydrogen (secondary N) is 1. The maximum Gasteiger partial charge on any atom is 0.268 e. The quantitative estimate of drug-likeness (QED) is 0.775. The van der Waals surface area contributed by atoms with Crippen LogP contribution in [0.5, 0.6) is 11.5 Å². The van der Waals surface area contributed by atoms with Gasteiger partial charge in [-0.1, -0.05) is 15.9 Å². The molecule has 2 rings (SSSR count). The lowest BCUT2D eigenvalue weighted by Gasteiger charge is -2.25. The molecule has 2 aromatic carbocycles. The first-order valence-corrected chi connectivity index (χ1v) is 7.80. The Balaban J connectivity index is 2.10. The number of anilines is 2. The van der Waals surface area contributed by atoms with Gasteiger partial charge in [0, 0.05) is 10.5 Å². The number of ether oxygens (including phenoxy) is 2. The van der Waals surface area contributed by atoms with Crippen LogP contribution < -0.4 is 20.5 Å². The smallest absolute Gasteiger partial charge is 0.268 e. The molecule has 6 heteroatoms. The fourth-order valence-electron chi connectivity index (χ4n) is 1.90. The maximum atomic E-state index is 12.5. The lowest BCUT2D eigenvalue weighted by Crippen LogP contribution is -2.42. The zero-order chi connectivity index (χ0) is 17.0. The summed E-state index contributed by atoms with van der Waals surface area (Å²) in [7, 11) is 1.56. The van der Waals surface area contributed by atoms with Crippen LogP contribution in [-0.4, -0.2) is 18.6 Å². The first kappa shape index (κ1) is 17.1. The number of halogens is 1. The monoisotopic (exact) mass is 378 g/mol. The SMILES string of the molecule is COc1ccc(NC(=O)C(C)(C)Oc2ccc(Br)cc2)c(N)c1. The molecular formula is C17H19BrN2O3. The molecule has 0 spiro atoms. The molecule has 0 fully saturated rings. The van der Waals surface area contributed by atoms with Gasteiger partial charge >= 0.3 is 0 Å². The van der Waals surface area contributed by atoms with Gasteiger partial charge in [0.25, 0.3) is 5.91 Å². The number of rotatable bonds is 5. The van der Waals surface area contributed by atoms with E-state index in [1.54, 1.807) is 51.3 Å². The topological polar surface area (TPSA) is 73.6 Å². The number of hydrogen-bond acceptors (Lipinski definition) is 4. The Morgan fingerprint density at radius 2 is 1.74 bits per heavy atom. The van der Waals surface area contributed by atoms with Crippen molar-refractivity contribution in [2.75, 3.05) is 18.2 Å². The Hall–Kier alpha value is -2.21. The lowest BCUT2D eigenvalue weighted by atomic mass is 10.1. The average molecular weight is 379 g/mol. The third-order valence-electron chi connectivity index (χ3n) is 3.24. The fraction of sp³-hybridized carbons (Fsp3) is 0.235. The molecule has 0 aliphatic rings. The normalized spacial score (nSPS) is 11.0. The van der Waals surface area contributed by atoms with Crippen molar-refractivity contribution in [1.82, 2.24) is 0 Å². The van der Waals surface area contributed by atoms with E-state index in [1.807, 2.05) is 12.1 Å². The maximum absolute atomic E-state index is 12.5. The first-order valence-electron chi connectivity index (χ1n) is 7.01. The minimum Gasteiger partial charge on any atom is -0.497 e. The molecule has 0 aromatic heterocycles. The second kappa shape index (κ2) is 6.91. The Bertz CT molecular complexity index is 699. The van der Waals surface area contributed by atoms with Crippen molar-refractivity contribution in [3.63, 3.8) is 0 Å². The minimum absolute atomic E-state index is 0.294. The van der Waals surface area contributed by atoms with Crippen LogP contribution >= 0.6 is 15.9 Å². The summed E-state index contributed by atoms with van der Waals surface area (Å²) in [5.74, 6) is 0.944. The molecule has 0 heterocycles. The molecular weight excluding hydrogens is 360 g/mol. The van der Waals surface area contributed by atoms with E-state index in [-0.39, 0.29) is 5.91 Å². The fourth-order valence-corrected chi connectivity index (χ4v) is 2.16. The van der Waals surface area contributed by atoms with Crippen molar-refractivity contribution in [3.8, 4) is 11.5 Å². The second-order valence-corrected chi connectivity index (χ2v) is 6.39. The van der Waals surface area contributed by atoms with Crippen LogP contribution in [0.25, 0.3) is 0 Å². The minimum atomic E-state index is -1.06. The summed E-state index contributed by atoms with van der Waals surface area (Å²) in [6.45, 7) is 3.40. The zero-order valence-corrected chi connectivity index (χ0v) is 14.8. The van der Waals surface area contributed by atoms with E-state index in [0.717, 1.165) is 4.47 Å². The van der Waals surface area contributed by atoms with Crippen LogP contribution in [0.15, 0.2) is 46.9 Å². The van der Waals surface area contributed by atoms with Gasteiger partial charge in [0.05, 0.1) is 18.5 Å². The van der Waals surface area contributed by atoms with Crippen molar-refractivity contribution >= 4 is 33.2 Å². The number of nitrogens with two attached hydrogens (primary N) is 1. The summed E-state index contributed by atoms with van der Waals surface area (Å²) >= 11 is 3.36. The summed E-state index contributed by atoms with van der Waals surface area (Å²) in [6.07, 6.45) is 0. The highest BCUT2D eigenvalue weighted by Gasteiger charge is 2.30. The van der Waals surface area contributed by atoms with Crippen LogP contribution in [0.2, 0.25) is 0 Å². The van der Waals surface area contributed by atoms with Crippen LogP contribution in [0.3, 0.4) is 0 Å². The molecule has 23 heavy (non-hydrogen) atoms. The molecule has 0 bridgehead atoms. The van der Waals surface area contributed by atoms with Crippen LogP contribution in [0.1, 0.15) is 13.8 Å². The zero-order valence-electron chi connectivity index (χ0n) is 13.2. The summed E-state index contributed by atoms with van der Waals surface area (Å²) in [6, 6.07) is 12.4. The Labute approximate surface area is 143 Å². The van der Waals surface area contributed by atoms with E-state index in [0.29, 0.717) is 22.9 Å². The van der Waals surface area contributed by atoms with Gasteiger partial charge in [-0.2, -0.15) is 0 Å². The molecule has 0 unspecified atom stereocenters. The van der Waals surface area contributed by atoms with Crippen molar-refractivity contribution in [2.24, 2.45) is 0 Å². The summed E-state index contributed by atoms with van der Waals surface area (Å²) in [4.78, 5) is 12.5. The number of benzene rings is 2. The lowest BCUT2D eigenvalue weighted by molar-refractivity contribution is -0.128. The van der Waals surface area contributed by atoms with Gasteiger partial charge in [-0.05, 0) is 50.2 Å². The van der Waals surface area contributed by atoms with E-state index < -0.39 is 5.60 Å². The van der Waals surface area contributed by atoms with E-state index >= 15 is 0 Å². The van der Waals surface area contributed by atoms with Crippen molar-refractivity contribution in [2.45, 2.75) is 19.4 Å². The first-order chi connectivity index (χ1) is 10.8. The van der Waals surface area contributed by atoms with Crippen molar-refractivity contribution < 1.29 is 14.3 Å². The van der Waals surface area contributed by atoms with E-state index in [2.05, 4.69) is 21.2 Å². The molecule has 3 N–H and O–H groups in total. The molecule has 5 nitrogen and oxygen atoms in total. The molecule has 0 atom stereocenters. The van der Waals surface area contributed by atoms with Gasteiger partial charge in [0.2, 0.25) is 0 Å². The van der Waals surface area contributed by atoms with Crippen molar-refractivity contribution in [1.29, 1.82) is 0 Å². The van der Waals surface area contributed by atoms with Gasteiger partial charge in [-0.15, -0.1) is 0 Å². The third-order valence-corrected chi connectivity index (χ3v) is 3.77. The summed E-state index contributed by atoms with van der Waals surface area (Å²) < 4.78 is 11.8. The number of amides is 1. The highest BCUT2D eigenvalue weighted by Crippen LogP contribution is 2.26. The molecule has 0 radical (unpaired) electrons. The van der Waals surface area contributed by atoms with Gasteiger partial charge < -0.3 is 20.5 Å². The molecule has 1 amide bonds. The van der Waals surface area contributed by atoms with Crippen LogP contribution in [-0.2, 0) is 4.79 Å². The number of methoxy groups -OCH3 is 1. The number of carbonyl (C=O) groups excluding carboxylic acids is 1. The molecule has 122 valence electrons. The summed E-state index contributed by atoms with van der Waals surface area (Å²) in [5.41, 5.74) is 5.81. The van der Waals surface area contributed by atoms with Crippen molar-refractivity contribution in [3.05, 3.63) is 46.9 Å². The van der Waals surface area contributed by atoms with E-state index in [1.165, 1.54) is 0 Å².